The Balaban J connectivity index is 1.71. The van der Waals surface area contributed by atoms with Gasteiger partial charge in [0.2, 0.25) is 0 Å². The molecule has 0 spiro atoms. The summed E-state index contributed by atoms with van der Waals surface area (Å²) in [5, 5.41) is 12.0. The molecule has 0 fully saturated rings. The molecular formula is C21H15FN2OS. The van der Waals surface area contributed by atoms with E-state index in [4.69, 9.17) is 0 Å². The van der Waals surface area contributed by atoms with E-state index < -0.39 is 5.91 Å². The molecule has 3 nitrogen and oxygen atoms in total. The van der Waals surface area contributed by atoms with E-state index in [9.17, 15) is 14.4 Å². The summed E-state index contributed by atoms with van der Waals surface area (Å²) < 4.78 is 13.0. The quantitative estimate of drug-likeness (QED) is 0.525. The molecular weight excluding hydrogens is 347 g/mol. The molecule has 1 aromatic heterocycles. The van der Waals surface area contributed by atoms with Crippen LogP contribution in [0, 0.1) is 17.1 Å². The van der Waals surface area contributed by atoms with Crippen LogP contribution in [0.15, 0.2) is 72.3 Å². The zero-order valence-electron chi connectivity index (χ0n) is 13.8. The molecule has 0 atom stereocenters. The van der Waals surface area contributed by atoms with E-state index in [1.807, 2.05) is 48.5 Å². The third kappa shape index (κ3) is 4.44. The number of nitrogens with one attached hydrogen (secondary N) is 1. The van der Waals surface area contributed by atoms with Gasteiger partial charge in [-0.05, 0) is 41.5 Å². The molecule has 26 heavy (non-hydrogen) atoms. The monoisotopic (exact) mass is 362 g/mol. The average Bonchev–Trinajstić information content (AvgIpc) is 3.14. The van der Waals surface area contributed by atoms with Crippen molar-refractivity contribution in [2.24, 2.45) is 0 Å². The summed E-state index contributed by atoms with van der Waals surface area (Å²) in [7, 11) is 0. The largest absolute Gasteiger partial charge is 0.347 e. The van der Waals surface area contributed by atoms with Gasteiger partial charge in [-0.1, -0.05) is 42.5 Å². The maximum absolute atomic E-state index is 13.0. The van der Waals surface area contributed by atoms with Crippen molar-refractivity contribution >= 4 is 23.3 Å². The first-order valence-corrected chi connectivity index (χ1v) is 8.77. The van der Waals surface area contributed by atoms with Crippen molar-refractivity contribution in [1.82, 2.24) is 5.32 Å². The van der Waals surface area contributed by atoms with E-state index >= 15 is 0 Å². The minimum absolute atomic E-state index is 0.0495. The third-order valence-electron chi connectivity index (χ3n) is 3.70. The molecule has 0 aliphatic heterocycles. The highest BCUT2D eigenvalue weighted by Crippen LogP contribution is 2.29. The lowest BCUT2D eigenvalue weighted by molar-refractivity contribution is -0.117. The molecule has 0 unspecified atom stereocenters. The summed E-state index contributed by atoms with van der Waals surface area (Å²) in [6.07, 6.45) is 1.57. The molecule has 0 aliphatic carbocycles. The highest BCUT2D eigenvalue weighted by atomic mass is 32.1. The second kappa shape index (κ2) is 8.24. The third-order valence-corrected chi connectivity index (χ3v) is 4.78. The first-order valence-electron chi connectivity index (χ1n) is 7.95. The smallest absolute Gasteiger partial charge is 0.262 e. The van der Waals surface area contributed by atoms with Crippen LogP contribution < -0.4 is 5.32 Å². The SMILES string of the molecule is N#C/C(=C\c1ccc(-c2ccc(F)cc2)s1)C(=O)NCc1ccccc1. The van der Waals surface area contributed by atoms with Crippen LogP contribution in [0.5, 0.6) is 0 Å². The molecule has 1 heterocycles. The van der Waals surface area contributed by atoms with Gasteiger partial charge in [-0.25, -0.2) is 4.39 Å². The number of thiophene rings is 1. The summed E-state index contributed by atoms with van der Waals surface area (Å²) >= 11 is 1.44. The van der Waals surface area contributed by atoms with Crippen molar-refractivity contribution in [1.29, 1.82) is 5.26 Å². The predicted octanol–water partition coefficient (Wildman–Crippen LogP) is 4.78. The first kappa shape index (κ1) is 17.6. The van der Waals surface area contributed by atoms with E-state index in [1.54, 1.807) is 18.2 Å². The average molecular weight is 362 g/mol. The number of halogens is 1. The lowest BCUT2D eigenvalue weighted by Crippen LogP contribution is -2.23. The van der Waals surface area contributed by atoms with E-state index in [-0.39, 0.29) is 11.4 Å². The molecule has 0 bridgehead atoms. The zero-order valence-corrected chi connectivity index (χ0v) is 14.6. The highest BCUT2D eigenvalue weighted by molar-refractivity contribution is 7.16. The highest BCUT2D eigenvalue weighted by Gasteiger charge is 2.10. The van der Waals surface area contributed by atoms with Gasteiger partial charge in [0, 0.05) is 16.3 Å². The van der Waals surface area contributed by atoms with Gasteiger partial charge < -0.3 is 5.32 Å². The summed E-state index contributed by atoms with van der Waals surface area (Å²) in [6, 6.07) is 21.4. The van der Waals surface area contributed by atoms with Gasteiger partial charge in [-0.15, -0.1) is 11.3 Å². The Kier molecular flexibility index (Phi) is 5.57. The normalized spacial score (nSPS) is 11.0. The molecule has 3 rings (SSSR count). The van der Waals surface area contributed by atoms with Crippen molar-refractivity contribution < 1.29 is 9.18 Å². The van der Waals surface area contributed by atoms with Gasteiger partial charge >= 0.3 is 0 Å². The fourth-order valence-corrected chi connectivity index (χ4v) is 3.32. The molecule has 0 saturated heterocycles. The van der Waals surface area contributed by atoms with Crippen LogP contribution in [-0.4, -0.2) is 5.91 Å². The van der Waals surface area contributed by atoms with E-state index in [2.05, 4.69) is 5.32 Å². The number of nitriles is 1. The van der Waals surface area contributed by atoms with E-state index in [1.165, 1.54) is 23.5 Å². The molecule has 5 heteroatoms. The number of nitrogens with zero attached hydrogens (tertiary/aromatic N) is 1. The van der Waals surface area contributed by atoms with Crippen LogP contribution in [0.3, 0.4) is 0 Å². The minimum atomic E-state index is -0.409. The Morgan fingerprint density at radius 3 is 2.50 bits per heavy atom. The van der Waals surface area contributed by atoms with E-state index in [0.29, 0.717) is 6.54 Å². The van der Waals surface area contributed by atoms with Gasteiger partial charge in [0.1, 0.15) is 17.5 Å². The van der Waals surface area contributed by atoms with Crippen LogP contribution in [0.1, 0.15) is 10.4 Å². The predicted molar refractivity (Wildman–Crippen MR) is 102 cm³/mol. The first-order chi connectivity index (χ1) is 12.7. The maximum Gasteiger partial charge on any atom is 0.262 e. The van der Waals surface area contributed by atoms with E-state index in [0.717, 1.165) is 20.9 Å². The number of amides is 1. The Hall–Kier alpha value is -3.23. The molecule has 0 aliphatic rings. The fraction of sp³-hybridized carbons (Fsp3) is 0.0476. The van der Waals surface area contributed by atoms with Gasteiger partial charge in [0.25, 0.3) is 5.91 Å². The molecule has 2 aromatic carbocycles. The summed E-state index contributed by atoms with van der Waals surface area (Å²) in [5.74, 6) is -0.694. The summed E-state index contributed by atoms with van der Waals surface area (Å²) in [5.41, 5.74) is 1.91. The van der Waals surface area contributed by atoms with Crippen LogP contribution in [0.2, 0.25) is 0 Å². The van der Waals surface area contributed by atoms with Crippen molar-refractivity contribution in [2.45, 2.75) is 6.54 Å². The number of rotatable bonds is 5. The van der Waals surface area contributed by atoms with Gasteiger partial charge in [0.15, 0.2) is 0 Å². The van der Waals surface area contributed by atoms with Gasteiger partial charge in [0.05, 0.1) is 0 Å². The Labute approximate surface area is 155 Å². The number of carbonyl (C=O) groups excluding carboxylic acids is 1. The topological polar surface area (TPSA) is 52.9 Å². The van der Waals surface area contributed by atoms with Crippen LogP contribution >= 0.6 is 11.3 Å². The van der Waals surface area contributed by atoms with Gasteiger partial charge in [-0.2, -0.15) is 5.26 Å². The summed E-state index contributed by atoms with van der Waals surface area (Å²) in [6.45, 7) is 0.365. The lowest BCUT2D eigenvalue weighted by Gasteiger charge is -2.04. The molecule has 0 saturated carbocycles. The molecule has 3 aromatic rings. The molecule has 1 N–H and O–H groups in total. The summed E-state index contributed by atoms with van der Waals surface area (Å²) in [4.78, 5) is 14.0. The number of benzene rings is 2. The van der Waals surface area contributed by atoms with Gasteiger partial charge in [-0.3, -0.25) is 4.79 Å². The van der Waals surface area contributed by atoms with Crippen molar-refractivity contribution in [2.75, 3.05) is 0 Å². The number of hydrogen-bond donors (Lipinski definition) is 1. The van der Waals surface area contributed by atoms with Crippen LogP contribution in [-0.2, 0) is 11.3 Å². The fourth-order valence-electron chi connectivity index (χ4n) is 2.36. The minimum Gasteiger partial charge on any atom is -0.347 e. The molecule has 0 radical (unpaired) electrons. The second-order valence-electron chi connectivity index (χ2n) is 5.55. The zero-order chi connectivity index (χ0) is 18.4. The van der Waals surface area contributed by atoms with Crippen molar-refractivity contribution in [3.63, 3.8) is 0 Å². The van der Waals surface area contributed by atoms with Crippen molar-refractivity contribution in [3.8, 4) is 16.5 Å². The lowest BCUT2D eigenvalue weighted by atomic mass is 10.2. The maximum atomic E-state index is 13.0. The Morgan fingerprint density at radius 2 is 1.81 bits per heavy atom. The van der Waals surface area contributed by atoms with Crippen molar-refractivity contribution in [3.05, 3.63) is 88.6 Å². The number of hydrogen-bond acceptors (Lipinski definition) is 3. The standard InChI is InChI=1S/C21H15FN2OS/c22-18-8-6-16(7-9-18)20-11-10-19(26-20)12-17(13-23)21(25)24-14-15-4-2-1-3-5-15/h1-12H,14H2,(H,24,25)/b17-12+. The Bertz CT molecular complexity index is 969. The number of carbonyl (C=O) groups is 1. The van der Waals surface area contributed by atoms with Crippen LogP contribution in [0.25, 0.3) is 16.5 Å². The Morgan fingerprint density at radius 1 is 1.08 bits per heavy atom. The second-order valence-corrected chi connectivity index (χ2v) is 6.66. The molecule has 128 valence electrons. The molecule has 1 amide bonds. The van der Waals surface area contributed by atoms with Crippen LogP contribution in [0.4, 0.5) is 4.39 Å².